The van der Waals surface area contributed by atoms with Crippen LogP contribution in [0.15, 0.2) is 0 Å². The highest BCUT2D eigenvalue weighted by Gasteiger charge is 2.49. The molecule has 78 valence electrons. The molecule has 0 amide bonds. The lowest BCUT2D eigenvalue weighted by Crippen LogP contribution is -2.52. The van der Waals surface area contributed by atoms with Gasteiger partial charge in [0.1, 0.15) is 0 Å². The summed E-state index contributed by atoms with van der Waals surface area (Å²) in [6.07, 6.45) is 0. The van der Waals surface area contributed by atoms with Crippen molar-refractivity contribution in [2.45, 2.75) is 12.5 Å². The maximum Gasteiger partial charge on any atom is 0.503 e. The summed E-state index contributed by atoms with van der Waals surface area (Å²) in [7, 11) is 2.51. The van der Waals surface area contributed by atoms with Crippen LogP contribution in [0.25, 0.3) is 0 Å². The first-order valence-electron chi connectivity index (χ1n) is 4.43. The van der Waals surface area contributed by atoms with E-state index in [2.05, 4.69) is 6.92 Å². The third-order valence-corrected chi connectivity index (χ3v) is 6.08. The first-order chi connectivity index (χ1) is 6.20. The van der Waals surface area contributed by atoms with E-state index in [1.54, 1.807) is 21.3 Å². The van der Waals surface area contributed by atoms with Gasteiger partial charge in [0.2, 0.25) is 0 Å². The Morgan fingerprint density at radius 3 is 1.85 bits per heavy atom. The number of hydrogen-bond donors (Lipinski definition) is 0. The molecule has 4 nitrogen and oxygen atoms in total. The van der Waals surface area contributed by atoms with Crippen molar-refractivity contribution >= 4 is 8.80 Å². The number of rotatable bonds is 5. The van der Waals surface area contributed by atoms with Gasteiger partial charge in [-0.1, -0.05) is 6.92 Å². The summed E-state index contributed by atoms with van der Waals surface area (Å²) in [5, 5.41) is 0. The van der Waals surface area contributed by atoms with Crippen molar-refractivity contribution in [3.8, 4) is 0 Å². The van der Waals surface area contributed by atoms with Gasteiger partial charge in [-0.2, -0.15) is 0 Å². The summed E-state index contributed by atoms with van der Waals surface area (Å²) in [6, 6.07) is 0. The Kier molecular flexibility index (Phi) is 3.87. The fraction of sp³-hybridized carbons (Fsp3) is 1.00. The molecule has 1 aliphatic rings. The Bertz CT molecular complexity index is 148. The minimum Gasteiger partial charge on any atom is -0.381 e. The zero-order valence-electron chi connectivity index (χ0n) is 8.70. The van der Waals surface area contributed by atoms with Crippen molar-refractivity contribution in [1.29, 1.82) is 0 Å². The molecule has 1 aliphatic heterocycles. The summed E-state index contributed by atoms with van der Waals surface area (Å²) in [5.74, 6) is 0.520. The molecule has 13 heavy (non-hydrogen) atoms. The summed E-state index contributed by atoms with van der Waals surface area (Å²) in [6.45, 7) is 3.70. The lowest BCUT2D eigenvalue weighted by atomic mass is 10.1. The van der Waals surface area contributed by atoms with Crippen LogP contribution < -0.4 is 0 Å². The highest BCUT2D eigenvalue weighted by atomic mass is 28.4. The van der Waals surface area contributed by atoms with Crippen LogP contribution >= 0.6 is 0 Å². The molecule has 0 bridgehead atoms. The van der Waals surface area contributed by atoms with Crippen LogP contribution in [-0.4, -0.2) is 43.3 Å². The Hall–Kier alpha value is 0.0569. The minimum absolute atomic E-state index is 0.307. The first kappa shape index (κ1) is 11.1. The third-order valence-electron chi connectivity index (χ3n) is 2.78. The predicted octanol–water partition coefficient (Wildman–Crippen LogP) is 0.901. The average molecular weight is 206 g/mol. The quantitative estimate of drug-likeness (QED) is 0.626. The van der Waals surface area contributed by atoms with Gasteiger partial charge in [-0.15, -0.1) is 0 Å². The molecule has 0 aromatic heterocycles. The largest absolute Gasteiger partial charge is 0.503 e. The molecule has 0 N–H and O–H groups in total. The number of hydrogen-bond acceptors (Lipinski definition) is 4. The van der Waals surface area contributed by atoms with Crippen LogP contribution in [0.1, 0.15) is 6.92 Å². The fourth-order valence-corrected chi connectivity index (χ4v) is 4.02. The topological polar surface area (TPSA) is 36.9 Å². The van der Waals surface area contributed by atoms with E-state index in [9.17, 15) is 0 Å². The Morgan fingerprint density at radius 1 is 1.15 bits per heavy atom. The summed E-state index contributed by atoms with van der Waals surface area (Å²) in [5.41, 5.74) is 0.307. The molecule has 1 saturated heterocycles. The van der Waals surface area contributed by atoms with Crippen LogP contribution in [0.4, 0.5) is 0 Å². The van der Waals surface area contributed by atoms with Gasteiger partial charge in [-0.05, 0) is 0 Å². The molecule has 0 aromatic rings. The molecule has 1 fully saturated rings. The van der Waals surface area contributed by atoms with Crippen LogP contribution in [-0.2, 0) is 18.0 Å². The van der Waals surface area contributed by atoms with Gasteiger partial charge in [0.05, 0.1) is 13.2 Å². The van der Waals surface area contributed by atoms with Crippen molar-refractivity contribution in [3.63, 3.8) is 0 Å². The van der Waals surface area contributed by atoms with Gasteiger partial charge in [0.15, 0.2) is 0 Å². The average Bonchev–Trinajstić information content (AvgIpc) is 2.05. The lowest BCUT2D eigenvalue weighted by molar-refractivity contribution is -0.0464. The second kappa shape index (κ2) is 4.52. The molecular weight excluding hydrogens is 188 g/mol. The van der Waals surface area contributed by atoms with Crippen molar-refractivity contribution in [2.75, 3.05) is 34.5 Å². The zero-order valence-corrected chi connectivity index (χ0v) is 9.70. The monoisotopic (exact) mass is 206 g/mol. The van der Waals surface area contributed by atoms with E-state index in [0.29, 0.717) is 11.5 Å². The number of ether oxygens (including phenoxy) is 1. The van der Waals surface area contributed by atoms with Crippen molar-refractivity contribution < 1.29 is 18.0 Å². The van der Waals surface area contributed by atoms with Crippen molar-refractivity contribution in [2.24, 2.45) is 5.92 Å². The highest BCUT2D eigenvalue weighted by molar-refractivity contribution is 6.62. The zero-order chi connectivity index (χ0) is 9.90. The van der Waals surface area contributed by atoms with E-state index < -0.39 is 8.80 Å². The van der Waals surface area contributed by atoms with Gasteiger partial charge >= 0.3 is 8.80 Å². The van der Waals surface area contributed by atoms with E-state index >= 15 is 0 Å². The van der Waals surface area contributed by atoms with E-state index in [4.69, 9.17) is 18.0 Å². The second-order valence-corrected chi connectivity index (χ2v) is 6.64. The molecular formula is C8H18O4Si. The summed E-state index contributed by atoms with van der Waals surface area (Å²) < 4.78 is 21.3. The van der Waals surface area contributed by atoms with Gasteiger partial charge in [-0.25, -0.2) is 0 Å². The van der Waals surface area contributed by atoms with Gasteiger partial charge < -0.3 is 18.0 Å². The SMILES string of the molecule is CO[Si](OC)(OC)C(C)C1COC1. The lowest BCUT2D eigenvalue weighted by Gasteiger charge is -2.38. The standard InChI is InChI=1S/C8H18O4Si/c1-7(8-5-12-6-8)13(9-2,10-3)11-4/h7-8H,5-6H2,1-4H3. The maximum absolute atomic E-state index is 5.39. The smallest absolute Gasteiger partial charge is 0.381 e. The summed E-state index contributed by atoms with van der Waals surface area (Å²) in [4.78, 5) is 0. The molecule has 0 aromatic carbocycles. The Balaban J connectivity index is 2.60. The van der Waals surface area contributed by atoms with Crippen molar-refractivity contribution in [3.05, 3.63) is 0 Å². The van der Waals surface area contributed by atoms with Crippen LogP contribution in [0.2, 0.25) is 5.54 Å². The Labute approximate surface area is 80.5 Å². The van der Waals surface area contributed by atoms with Crippen LogP contribution in [0, 0.1) is 5.92 Å². The molecule has 1 unspecified atom stereocenters. The third kappa shape index (κ3) is 1.94. The molecule has 1 heterocycles. The van der Waals surface area contributed by atoms with Crippen molar-refractivity contribution in [1.82, 2.24) is 0 Å². The van der Waals surface area contributed by atoms with Gasteiger partial charge in [0, 0.05) is 32.8 Å². The molecule has 5 heteroatoms. The van der Waals surface area contributed by atoms with Crippen LogP contribution in [0.3, 0.4) is 0 Å². The molecule has 0 radical (unpaired) electrons. The molecule has 0 saturated carbocycles. The second-order valence-electron chi connectivity index (χ2n) is 3.30. The molecule has 0 aliphatic carbocycles. The van der Waals surface area contributed by atoms with E-state index in [1.807, 2.05) is 0 Å². The van der Waals surface area contributed by atoms with Gasteiger partial charge in [-0.3, -0.25) is 0 Å². The van der Waals surface area contributed by atoms with Crippen LogP contribution in [0.5, 0.6) is 0 Å². The summed E-state index contributed by atoms with van der Waals surface area (Å²) >= 11 is 0. The predicted molar refractivity (Wildman–Crippen MR) is 50.5 cm³/mol. The molecule has 0 spiro atoms. The molecule has 1 atom stereocenters. The fourth-order valence-electron chi connectivity index (χ4n) is 1.64. The van der Waals surface area contributed by atoms with E-state index in [0.717, 1.165) is 13.2 Å². The molecule has 1 rings (SSSR count). The Morgan fingerprint density at radius 2 is 1.62 bits per heavy atom. The normalized spacial score (nSPS) is 21.2. The minimum atomic E-state index is -2.43. The van der Waals surface area contributed by atoms with E-state index in [1.165, 1.54) is 0 Å². The first-order valence-corrected chi connectivity index (χ1v) is 6.23. The van der Waals surface area contributed by atoms with Gasteiger partial charge in [0.25, 0.3) is 0 Å². The van der Waals surface area contributed by atoms with E-state index in [-0.39, 0.29) is 0 Å². The maximum atomic E-state index is 5.39. The highest BCUT2D eigenvalue weighted by Crippen LogP contribution is 2.35.